The van der Waals surface area contributed by atoms with Gasteiger partial charge in [-0.1, -0.05) is 25.7 Å². The number of piperidine rings is 1. The van der Waals surface area contributed by atoms with Crippen molar-refractivity contribution in [1.29, 1.82) is 0 Å². The van der Waals surface area contributed by atoms with Gasteiger partial charge in [0.1, 0.15) is 5.65 Å². The number of rotatable bonds is 6. The van der Waals surface area contributed by atoms with Crippen LogP contribution in [-0.2, 0) is 13.6 Å². The van der Waals surface area contributed by atoms with E-state index < -0.39 is 0 Å². The molecule has 0 spiro atoms. The molecule has 5 rings (SSSR count). The third-order valence-corrected chi connectivity index (χ3v) is 6.83. The molecule has 0 saturated carbocycles. The van der Waals surface area contributed by atoms with Gasteiger partial charge in [-0.2, -0.15) is 4.98 Å². The van der Waals surface area contributed by atoms with E-state index in [2.05, 4.69) is 51.5 Å². The maximum absolute atomic E-state index is 13.5. The number of aromatic nitrogens is 4. The van der Waals surface area contributed by atoms with Gasteiger partial charge in [-0.15, -0.1) is 0 Å². The quantitative estimate of drug-likeness (QED) is 0.374. The summed E-state index contributed by atoms with van der Waals surface area (Å²) in [6, 6.07) is 14.4. The van der Waals surface area contributed by atoms with Crippen LogP contribution in [0.25, 0.3) is 11.0 Å². The van der Waals surface area contributed by atoms with Crippen molar-refractivity contribution in [2.75, 3.05) is 30.8 Å². The Morgan fingerprint density at radius 1 is 1.13 bits per heavy atom. The van der Waals surface area contributed by atoms with Crippen LogP contribution in [0.1, 0.15) is 37.9 Å². The molecule has 0 aliphatic carbocycles. The van der Waals surface area contributed by atoms with E-state index in [4.69, 9.17) is 4.98 Å². The molecule has 1 atom stereocenters. The van der Waals surface area contributed by atoms with Crippen molar-refractivity contribution in [1.82, 2.24) is 24.0 Å². The van der Waals surface area contributed by atoms with E-state index in [1.165, 1.54) is 19.4 Å². The van der Waals surface area contributed by atoms with Crippen molar-refractivity contribution in [2.24, 2.45) is 13.0 Å². The number of likely N-dealkylation sites (tertiary alicyclic amines) is 1. The molecule has 1 aromatic carbocycles. The normalized spacial score (nSPS) is 15.9. The van der Waals surface area contributed by atoms with E-state index in [0.29, 0.717) is 29.7 Å². The van der Waals surface area contributed by atoms with E-state index in [-0.39, 0.29) is 11.5 Å². The largest absolute Gasteiger partial charge is 0.381 e. The lowest BCUT2D eigenvalue weighted by atomic mass is 10.1. The summed E-state index contributed by atoms with van der Waals surface area (Å²) in [4.78, 5) is 25.2. The van der Waals surface area contributed by atoms with Crippen molar-refractivity contribution < 1.29 is 0 Å². The Kier molecular flexibility index (Phi) is 7.47. The second kappa shape index (κ2) is 11.1. The minimum absolute atomic E-state index is 0.153. The van der Waals surface area contributed by atoms with Gasteiger partial charge >= 0.3 is 0 Å². The molecule has 2 N–H and O–H groups in total. The van der Waals surface area contributed by atoms with Gasteiger partial charge in [-0.3, -0.25) is 9.36 Å². The predicted molar refractivity (Wildman–Crippen MR) is 154 cm³/mol. The summed E-state index contributed by atoms with van der Waals surface area (Å²) in [6.07, 6.45) is 6.12. The Balaban J connectivity index is 1.43. The fraction of sp³-hybridized carbons (Fsp3) is 0.367. The molecule has 8 heteroatoms. The van der Waals surface area contributed by atoms with Gasteiger partial charge in [0, 0.05) is 60.4 Å². The second-order valence-electron chi connectivity index (χ2n) is 10.4. The molecule has 196 valence electrons. The lowest BCUT2D eigenvalue weighted by Gasteiger charge is -2.30. The summed E-state index contributed by atoms with van der Waals surface area (Å²) in [6.45, 7) is 6.63. The Bertz CT molecular complexity index is 1540. The molecule has 0 radical (unpaired) electrons. The molecule has 4 heterocycles. The van der Waals surface area contributed by atoms with Crippen LogP contribution in [0.5, 0.6) is 0 Å². The number of nitrogens with zero attached hydrogens (tertiary/aromatic N) is 5. The average Bonchev–Trinajstić information content (AvgIpc) is 3.30. The van der Waals surface area contributed by atoms with E-state index in [9.17, 15) is 4.79 Å². The zero-order valence-electron chi connectivity index (χ0n) is 22.5. The summed E-state index contributed by atoms with van der Waals surface area (Å²) < 4.78 is 3.70. The lowest BCUT2D eigenvalue weighted by molar-refractivity contribution is 0.261. The molecule has 8 nitrogen and oxygen atoms in total. The lowest BCUT2D eigenvalue weighted by Crippen LogP contribution is -2.39. The first-order chi connectivity index (χ1) is 18.4. The fourth-order valence-corrected chi connectivity index (χ4v) is 4.80. The van der Waals surface area contributed by atoms with Gasteiger partial charge in [0.05, 0.1) is 12.1 Å². The number of fused-ring (bicyclic) bond motifs is 1. The second-order valence-corrected chi connectivity index (χ2v) is 10.4. The van der Waals surface area contributed by atoms with Gasteiger partial charge in [-0.05, 0) is 68.9 Å². The molecule has 0 bridgehead atoms. The number of likely N-dealkylation sites (N-methyl/N-ethyl adjacent to an activating group) is 1. The Labute approximate surface area is 223 Å². The van der Waals surface area contributed by atoms with Crippen LogP contribution in [0.4, 0.5) is 17.3 Å². The van der Waals surface area contributed by atoms with Crippen LogP contribution in [0.2, 0.25) is 0 Å². The maximum Gasteiger partial charge on any atom is 0.268 e. The molecule has 1 fully saturated rings. The molecule has 1 saturated heterocycles. The SMILES string of the molecule is CC(C)C#Cc1cc2cnc(Nc3ccc(NC4CCCN(C)C4)cc3)nc2n(Cc2cccn2C)c1=O. The van der Waals surface area contributed by atoms with E-state index in [0.717, 1.165) is 29.0 Å². The smallest absolute Gasteiger partial charge is 0.268 e. The summed E-state index contributed by atoms with van der Waals surface area (Å²) in [5, 5.41) is 7.71. The summed E-state index contributed by atoms with van der Waals surface area (Å²) in [5.41, 5.74) is 3.86. The number of nitrogens with one attached hydrogen (secondary N) is 2. The third kappa shape index (κ3) is 5.90. The maximum atomic E-state index is 13.5. The Morgan fingerprint density at radius 3 is 2.63 bits per heavy atom. The first kappa shape index (κ1) is 25.6. The molecular weight excluding hydrogens is 474 g/mol. The molecule has 38 heavy (non-hydrogen) atoms. The highest BCUT2D eigenvalue weighted by atomic mass is 16.1. The fourth-order valence-electron chi connectivity index (χ4n) is 4.80. The molecule has 1 aliphatic heterocycles. The zero-order chi connectivity index (χ0) is 26.6. The zero-order valence-corrected chi connectivity index (χ0v) is 22.5. The van der Waals surface area contributed by atoms with Crippen LogP contribution in [-0.4, -0.2) is 50.2 Å². The van der Waals surface area contributed by atoms with Crippen LogP contribution in [0.15, 0.2) is 59.7 Å². The number of aryl methyl sites for hydroxylation is 1. The van der Waals surface area contributed by atoms with E-state index >= 15 is 0 Å². The number of hydrogen-bond acceptors (Lipinski definition) is 6. The first-order valence-electron chi connectivity index (χ1n) is 13.2. The van der Waals surface area contributed by atoms with Crippen LogP contribution >= 0.6 is 0 Å². The van der Waals surface area contributed by atoms with Gasteiger partial charge in [-0.25, -0.2) is 4.98 Å². The van der Waals surface area contributed by atoms with Gasteiger partial charge < -0.3 is 20.1 Å². The molecule has 1 aliphatic rings. The Hall–Kier alpha value is -4.09. The highest BCUT2D eigenvalue weighted by molar-refractivity contribution is 5.77. The standard InChI is InChI=1S/C30H35N7O/c1-21(2)9-10-22-17-23-18-31-30(34-28(23)37(29(22)38)20-27-8-6-16-36(27)4)33-25-13-11-24(12-14-25)32-26-7-5-15-35(3)19-26/h6,8,11-14,16-18,21,26,32H,5,7,15,19-20H2,1-4H3,(H,31,33,34). The summed E-state index contributed by atoms with van der Waals surface area (Å²) in [7, 11) is 4.14. The number of anilines is 3. The van der Waals surface area contributed by atoms with Gasteiger partial charge in [0.15, 0.2) is 0 Å². The third-order valence-electron chi connectivity index (χ3n) is 6.83. The molecular formula is C30H35N7O. The number of benzene rings is 1. The van der Waals surface area contributed by atoms with Crippen LogP contribution in [0, 0.1) is 17.8 Å². The van der Waals surface area contributed by atoms with Crippen molar-refractivity contribution in [3.63, 3.8) is 0 Å². The van der Waals surface area contributed by atoms with Crippen molar-refractivity contribution in [3.05, 3.63) is 76.5 Å². The monoisotopic (exact) mass is 509 g/mol. The molecule has 4 aromatic rings. The van der Waals surface area contributed by atoms with E-state index in [1.807, 2.05) is 55.9 Å². The minimum Gasteiger partial charge on any atom is -0.381 e. The molecule has 3 aromatic heterocycles. The van der Waals surface area contributed by atoms with Crippen LogP contribution in [0.3, 0.4) is 0 Å². The van der Waals surface area contributed by atoms with E-state index in [1.54, 1.807) is 16.8 Å². The van der Waals surface area contributed by atoms with Crippen molar-refractivity contribution in [2.45, 2.75) is 39.3 Å². The Morgan fingerprint density at radius 2 is 1.92 bits per heavy atom. The highest BCUT2D eigenvalue weighted by Gasteiger charge is 2.17. The van der Waals surface area contributed by atoms with Gasteiger partial charge in [0.2, 0.25) is 5.95 Å². The molecule has 1 unspecified atom stereocenters. The molecule has 0 amide bonds. The number of hydrogen-bond donors (Lipinski definition) is 2. The summed E-state index contributed by atoms with van der Waals surface area (Å²) >= 11 is 0. The average molecular weight is 510 g/mol. The van der Waals surface area contributed by atoms with Crippen molar-refractivity contribution in [3.8, 4) is 11.8 Å². The topological polar surface area (TPSA) is 80.0 Å². The number of pyridine rings is 1. The highest BCUT2D eigenvalue weighted by Crippen LogP contribution is 2.21. The predicted octanol–water partition coefficient (Wildman–Crippen LogP) is 4.44. The van der Waals surface area contributed by atoms with Gasteiger partial charge in [0.25, 0.3) is 5.56 Å². The summed E-state index contributed by atoms with van der Waals surface area (Å²) in [5.74, 6) is 6.78. The minimum atomic E-state index is -0.153. The van der Waals surface area contributed by atoms with Crippen LogP contribution < -0.4 is 16.2 Å². The first-order valence-corrected chi connectivity index (χ1v) is 13.2. The van der Waals surface area contributed by atoms with Crippen molar-refractivity contribution >= 4 is 28.4 Å².